The number of nitrogens with one attached hydrogen (secondary N) is 2. The minimum absolute atomic E-state index is 0.100. The minimum Gasteiger partial charge on any atom is -0.480 e. The zero-order valence-corrected chi connectivity index (χ0v) is 14.9. The molecule has 1 unspecified atom stereocenters. The lowest BCUT2D eigenvalue weighted by Gasteiger charge is -2.26. The van der Waals surface area contributed by atoms with Crippen molar-refractivity contribution in [3.63, 3.8) is 0 Å². The van der Waals surface area contributed by atoms with E-state index in [0.29, 0.717) is 10.9 Å². The fraction of sp³-hybridized carbons (Fsp3) is 0.312. The Kier molecular flexibility index (Phi) is 5.61. The van der Waals surface area contributed by atoms with Crippen molar-refractivity contribution >= 4 is 44.6 Å². The van der Waals surface area contributed by atoms with Gasteiger partial charge in [0.1, 0.15) is 6.04 Å². The Bertz CT molecular complexity index is 787. The summed E-state index contributed by atoms with van der Waals surface area (Å²) in [5, 5.41) is 12.6. The lowest BCUT2D eigenvalue weighted by molar-refractivity contribution is -0.141. The highest BCUT2D eigenvalue weighted by molar-refractivity contribution is 9.10. The van der Waals surface area contributed by atoms with Crippen LogP contribution in [0.1, 0.15) is 24.2 Å². The molecule has 8 heteroatoms. The Hall–Kier alpha value is -2.35. The lowest BCUT2D eigenvalue weighted by Crippen LogP contribution is -2.46. The average Bonchev–Trinajstić information content (AvgIpc) is 2.95. The highest BCUT2D eigenvalue weighted by Gasteiger charge is 2.28. The molecule has 0 radical (unpaired) electrons. The zero-order valence-electron chi connectivity index (χ0n) is 13.3. The number of aliphatic carboxylic acids is 1. The largest absolute Gasteiger partial charge is 0.480 e. The first-order chi connectivity index (χ1) is 11.3. The van der Waals surface area contributed by atoms with Crippen LogP contribution in [0.25, 0.3) is 10.9 Å². The average molecular weight is 396 g/mol. The van der Waals surface area contributed by atoms with Crippen molar-refractivity contribution < 1.29 is 19.5 Å². The van der Waals surface area contributed by atoms with Crippen LogP contribution in [0.3, 0.4) is 0 Å². The highest BCUT2D eigenvalue weighted by Crippen LogP contribution is 2.28. The molecule has 2 aromatic rings. The van der Waals surface area contributed by atoms with Gasteiger partial charge in [-0.2, -0.15) is 0 Å². The molecule has 0 aliphatic heterocycles. The molecule has 3 N–H and O–H groups in total. The van der Waals surface area contributed by atoms with Crippen molar-refractivity contribution in [2.45, 2.75) is 19.9 Å². The van der Waals surface area contributed by atoms with Crippen LogP contribution in [-0.2, 0) is 9.59 Å². The van der Waals surface area contributed by atoms with Gasteiger partial charge in [0.15, 0.2) is 0 Å². The van der Waals surface area contributed by atoms with E-state index in [1.165, 1.54) is 18.7 Å². The number of carboxylic acids is 1. The second-order valence-electron chi connectivity index (χ2n) is 5.36. The third-order valence-corrected chi connectivity index (χ3v) is 4.36. The van der Waals surface area contributed by atoms with Crippen LogP contribution >= 0.6 is 15.9 Å². The Morgan fingerprint density at radius 3 is 2.71 bits per heavy atom. The molecule has 1 heterocycles. The monoisotopic (exact) mass is 395 g/mol. The van der Waals surface area contributed by atoms with Gasteiger partial charge in [-0.15, -0.1) is 0 Å². The van der Waals surface area contributed by atoms with Crippen LogP contribution in [0.15, 0.2) is 28.9 Å². The fourth-order valence-electron chi connectivity index (χ4n) is 2.42. The number of amides is 2. The van der Waals surface area contributed by atoms with Crippen LogP contribution in [0.4, 0.5) is 0 Å². The van der Waals surface area contributed by atoms with Gasteiger partial charge in [0.2, 0.25) is 5.91 Å². The van der Waals surface area contributed by atoms with Gasteiger partial charge in [0.05, 0.1) is 5.56 Å². The van der Waals surface area contributed by atoms with E-state index in [1.54, 1.807) is 6.20 Å². The Labute approximate surface area is 147 Å². The van der Waals surface area contributed by atoms with E-state index in [2.05, 4.69) is 26.2 Å². The molecule has 0 spiro atoms. The molecule has 0 bridgehead atoms. The second-order valence-corrected chi connectivity index (χ2v) is 6.21. The van der Waals surface area contributed by atoms with Crippen molar-refractivity contribution in [1.82, 2.24) is 15.2 Å². The first-order valence-electron chi connectivity index (χ1n) is 7.36. The molecule has 0 aliphatic carbocycles. The number of carbonyl (C=O) groups excluding carboxylic acids is 2. The molecule has 0 fully saturated rings. The number of benzene rings is 1. The highest BCUT2D eigenvalue weighted by atomic mass is 79.9. The van der Waals surface area contributed by atoms with E-state index in [9.17, 15) is 19.5 Å². The van der Waals surface area contributed by atoms with E-state index >= 15 is 0 Å². The smallest absolute Gasteiger partial charge is 0.326 e. The summed E-state index contributed by atoms with van der Waals surface area (Å²) in [6, 6.07) is 4.47. The summed E-state index contributed by atoms with van der Waals surface area (Å²) in [6.45, 7) is 3.09. The maximum Gasteiger partial charge on any atom is 0.326 e. The van der Waals surface area contributed by atoms with Crippen LogP contribution in [0, 0.1) is 0 Å². The molecule has 128 valence electrons. The van der Waals surface area contributed by atoms with Gasteiger partial charge in [-0.25, -0.2) is 4.79 Å². The number of aromatic amines is 1. The molecule has 0 aliphatic rings. The summed E-state index contributed by atoms with van der Waals surface area (Å²) >= 11 is 3.42. The van der Waals surface area contributed by atoms with Crippen molar-refractivity contribution in [2.75, 3.05) is 13.1 Å². The number of carboxylic acid groups (broad SMARTS) is 1. The number of nitrogens with zero attached hydrogens (tertiary/aromatic N) is 1. The first kappa shape index (κ1) is 18.0. The molecular weight excluding hydrogens is 378 g/mol. The number of carbonyl (C=O) groups is 3. The summed E-state index contributed by atoms with van der Waals surface area (Å²) in [6.07, 6.45) is 1.57. The Morgan fingerprint density at radius 1 is 1.38 bits per heavy atom. The van der Waals surface area contributed by atoms with Crippen molar-refractivity contribution in [1.29, 1.82) is 0 Å². The van der Waals surface area contributed by atoms with Gasteiger partial charge < -0.3 is 20.3 Å². The number of hydrogen-bond donors (Lipinski definition) is 3. The van der Waals surface area contributed by atoms with Crippen molar-refractivity contribution in [3.8, 4) is 0 Å². The van der Waals surface area contributed by atoms with Gasteiger partial charge in [-0.05, 0) is 19.1 Å². The van der Waals surface area contributed by atoms with Crippen LogP contribution in [0.5, 0.6) is 0 Å². The van der Waals surface area contributed by atoms with Crippen molar-refractivity contribution in [2.24, 2.45) is 0 Å². The summed E-state index contributed by atoms with van der Waals surface area (Å²) in [7, 11) is 0. The van der Waals surface area contributed by atoms with Crippen LogP contribution in [-0.4, -0.2) is 51.9 Å². The predicted molar refractivity (Wildman–Crippen MR) is 92.8 cm³/mol. The number of H-pyrrole nitrogens is 1. The van der Waals surface area contributed by atoms with Gasteiger partial charge in [-0.3, -0.25) is 9.59 Å². The van der Waals surface area contributed by atoms with Gasteiger partial charge in [0.25, 0.3) is 5.91 Å². The number of halogens is 1. The van der Waals surface area contributed by atoms with E-state index in [1.807, 2.05) is 18.2 Å². The molecule has 7 nitrogen and oxygen atoms in total. The normalized spacial score (nSPS) is 12.0. The maximum absolute atomic E-state index is 12.9. The SMILES string of the molecule is CC(=O)NCCN(C(=O)c1c[nH]c2cccc(Br)c12)C(C)C(=O)O. The fourth-order valence-corrected chi connectivity index (χ4v) is 3.00. The summed E-state index contributed by atoms with van der Waals surface area (Å²) in [5.41, 5.74) is 1.16. The van der Waals surface area contributed by atoms with E-state index in [4.69, 9.17) is 0 Å². The third-order valence-electron chi connectivity index (χ3n) is 3.70. The first-order valence-corrected chi connectivity index (χ1v) is 8.16. The molecule has 0 saturated heterocycles. The molecule has 1 atom stereocenters. The molecule has 2 amide bonds. The van der Waals surface area contributed by atoms with Gasteiger partial charge >= 0.3 is 5.97 Å². The third kappa shape index (κ3) is 3.76. The molecule has 0 saturated carbocycles. The molecule has 24 heavy (non-hydrogen) atoms. The van der Waals surface area contributed by atoms with E-state index in [0.717, 1.165) is 9.99 Å². The Morgan fingerprint density at radius 2 is 2.08 bits per heavy atom. The summed E-state index contributed by atoms with van der Waals surface area (Å²) in [5.74, 6) is -1.75. The number of aromatic nitrogens is 1. The zero-order chi connectivity index (χ0) is 17.9. The maximum atomic E-state index is 12.9. The van der Waals surface area contributed by atoms with Crippen molar-refractivity contribution in [3.05, 3.63) is 34.4 Å². The molecule has 1 aromatic heterocycles. The van der Waals surface area contributed by atoms with E-state index < -0.39 is 17.9 Å². The minimum atomic E-state index is -1.11. The summed E-state index contributed by atoms with van der Waals surface area (Å²) in [4.78, 5) is 39.5. The van der Waals surface area contributed by atoms with Gasteiger partial charge in [0, 0.05) is 41.6 Å². The lowest BCUT2D eigenvalue weighted by atomic mass is 10.1. The topological polar surface area (TPSA) is 103 Å². The van der Waals surface area contributed by atoms with Gasteiger partial charge in [-0.1, -0.05) is 22.0 Å². The van der Waals surface area contributed by atoms with Crippen LogP contribution in [0.2, 0.25) is 0 Å². The number of rotatable bonds is 6. The predicted octanol–water partition coefficient (Wildman–Crippen LogP) is 1.98. The second kappa shape index (κ2) is 7.48. The summed E-state index contributed by atoms with van der Waals surface area (Å²) < 4.78 is 0.745. The van der Waals surface area contributed by atoms with Crippen LogP contribution < -0.4 is 5.32 Å². The quantitative estimate of drug-likeness (QED) is 0.695. The van der Waals surface area contributed by atoms with E-state index in [-0.39, 0.29) is 19.0 Å². The number of fused-ring (bicyclic) bond motifs is 1. The standard InChI is InChI=1S/C16H18BrN3O4/c1-9(16(23)24)20(7-6-18-10(2)21)15(22)11-8-19-13-5-3-4-12(17)14(11)13/h3-5,8-9,19H,6-7H2,1-2H3,(H,18,21)(H,23,24). The molecule has 2 rings (SSSR count). The molecule has 1 aromatic carbocycles. The molecular formula is C16H18BrN3O4. The Balaban J connectivity index is 2.35. The number of hydrogen-bond acceptors (Lipinski definition) is 3.